The zero-order valence-corrected chi connectivity index (χ0v) is 12.2. The van der Waals surface area contributed by atoms with Gasteiger partial charge in [0.2, 0.25) is 0 Å². The van der Waals surface area contributed by atoms with Crippen LogP contribution in [0.4, 0.5) is 4.39 Å². The molecular weight excluding hydrogens is 259 g/mol. The Morgan fingerprint density at radius 3 is 2.95 bits per heavy atom. The summed E-state index contributed by atoms with van der Waals surface area (Å²) in [6.07, 6.45) is 4.70. The first-order chi connectivity index (χ1) is 9.54. The van der Waals surface area contributed by atoms with Gasteiger partial charge in [0.15, 0.2) is 0 Å². The fourth-order valence-electron chi connectivity index (χ4n) is 2.87. The van der Waals surface area contributed by atoms with Gasteiger partial charge in [-0.3, -0.25) is 0 Å². The lowest BCUT2D eigenvalue weighted by molar-refractivity contribution is 0.0318. The van der Waals surface area contributed by atoms with E-state index in [9.17, 15) is 9.50 Å². The molecule has 2 atom stereocenters. The molecule has 1 heterocycles. The number of hydrogen-bond acceptors (Lipinski definition) is 3. The topological polar surface area (TPSA) is 38.7 Å². The Labute approximate surface area is 119 Å². The Morgan fingerprint density at radius 2 is 2.30 bits per heavy atom. The number of hydrogen-bond donors (Lipinski definition) is 1. The smallest absolute Gasteiger partial charge is 0.133 e. The number of methoxy groups -OCH3 is 1. The van der Waals surface area contributed by atoms with Crippen LogP contribution in [-0.4, -0.2) is 24.9 Å². The molecule has 112 valence electrons. The van der Waals surface area contributed by atoms with E-state index in [4.69, 9.17) is 9.47 Å². The highest BCUT2D eigenvalue weighted by Crippen LogP contribution is 2.36. The lowest BCUT2D eigenvalue weighted by Gasteiger charge is -2.26. The van der Waals surface area contributed by atoms with Gasteiger partial charge in [0.05, 0.1) is 24.4 Å². The fraction of sp³-hybridized carbons (Fsp3) is 0.625. The van der Waals surface area contributed by atoms with E-state index in [1.807, 2.05) is 0 Å². The quantitative estimate of drug-likeness (QED) is 0.869. The van der Waals surface area contributed by atoms with E-state index in [0.717, 1.165) is 32.3 Å². The van der Waals surface area contributed by atoms with Crippen LogP contribution < -0.4 is 4.74 Å². The molecule has 2 rings (SSSR count). The van der Waals surface area contributed by atoms with Crippen LogP contribution in [0.1, 0.15) is 44.6 Å². The minimum absolute atomic E-state index is 0.245. The van der Waals surface area contributed by atoms with Crippen LogP contribution in [0.15, 0.2) is 18.2 Å². The molecule has 1 aromatic carbocycles. The molecule has 0 saturated carbocycles. The SMILES string of the molecule is COc1cccc(F)c1C(C)(O)CCCC1CCCO1. The van der Waals surface area contributed by atoms with Crippen molar-refractivity contribution in [1.82, 2.24) is 0 Å². The number of ether oxygens (including phenoxy) is 2. The van der Waals surface area contributed by atoms with Crippen LogP contribution in [0.5, 0.6) is 5.75 Å². The first-order valence-electron chi connectivity index (χ1n) is 7.21. The maximum absolute atomic E-state index is 14.0. The molecule has 1 saturated heterocycles. The van der Waals surface area contributed by atoms with E-state index in [2.05, 4.69) is 0 Å². The fourth-order valence-corrected chi connectivity index (χ4v) is 2.87. The monoisotopic (exact) mass is 282 g/mol. The van der Waals surface area contributed by atoms with Gasteiger partial charge in [-0.25, -0.2) is 4.39 Å². The summed E-state index contributed by atoms with van der Waals surface area (Å²) < 4.78 is 24.7. The molecule has 4 heteroatoms. The van der Waals surface area contributed by atoms with Gasteiger partial charge in [0.25, 0.3) is 0 Å². The van der Waals surface area contributed by atoms with Crippen molar-refractivity contribution in [2.45, 2.75) is 50.7 Å². The molecule has 1 aliphatic rings. The van der Waals surface area contributed by atoms with E-state index in [1.54, 1.807) is 19.1 Å². The summed E-state index contributed by atoms with van der Waals surface area (Å²) in [6.45, 7) is 2.48. The Morgan fingerprint density at radius 1 is 1.50 bits per heavy atom. The third-order valence-corrected chi connectivity index (χ3v) is 3.95. The van der Waals surface area contributed by atoms with Crippen LogP contribution in [-0.2, 0) is 10.3 Å². The standard InChI is InChI=1S/C16H23FO3/c1-16(18,10-4-6-12-7-5-11-20-12)15-13(17)8-3-9-14(15)19-2/h3,8-9,12,18H,4-7,10-11H2,1-2H3. The molecule has 0 amide bonds. The molecule has 1 N–H and O–H groups in total. The molecule has 20 heavy (non-hydrogen) atoms. The predicted octanol–water partition coefficient (Wildman–Crippen LogP) is 3.39. The number of aliphatic hydroxyl groups is 1. The third kappa shape index (κ3) is 3.49. The largest absolute Gasteiger partial charge is 0.496 e. The molecular formula is C16H23FO3. The van der Waals surface area contributed by atoms with Crippen molar-refractivity contribution < 1.29 is 19.0 Å². The van der Waals surface area contributed by atoms with Gasteiger partial charge >= 0.3 is 0 Å². The van der Waals surface area contributed by atoms with Crippen molar-refractivity contribution in [3.8, 4) is 5.75 Å². The molecule has 0 bridgehead atoms. The summed E-state index contributed by atoms with van der Waals surface area (Å²) in [7, 11) is 1.49. The van der Waals surface area contributed by atoms with Crippen LogP contribution in [0.2, 0.25) is 0 Å². The Kier molecular flexibility index (Phi) is 5.00. The predicted molar refractivity (Wildman–Crippen MR) is 75.3 cm³/mol. The second kappa shape index (κ2) is 6.55. The van der Waals surface area contributed by atoms with E-state index >= 15 is 0 Å². The molecule has 0 aromatic heterocycles. The van der Waals surface area contributed by atoms with Gasteiger partial charge in [-0.2, -0.15) is 0 Å². The molecule has 0 spiro atoms. The summed E-state index contributed by atoms with van der Waals surface area (Å²) in [5.74, 6) is -0.0291. The molecule has 1 aliphatic heterocycles. The van der Waals surface area contributed by atoms with Gasteiger partial charge in [-0.15, -0.1) is 0 Å². The molecule has 1 fully saturated rings. The van der Waals surface area contributed by atoms with Crippen LogP contribution in [0, 0.1) is 5.82 Å². The molecule has 0 radical (unpaired) electrons. The van der Waals surface area contributed by atoms with E-state index < -0.39 is 11.4 Å². The van der Waals surface area contributed by atoms with E-state index in [1.165, 1.54) is 13.2 Å². The normalized spacial score (nSPS) is 21.7. The number of benzene rings is 1. The maximum atomic E-state index is 14.0. The molecule has 3 nitrogen and oxygen atoms in total. The summed E-state index contributed by atoms with van der Waals surface area (Å²) in [5.41, 5.74) is -0.982. The summed E-state index contributed by atoms with van der Waals surface area (Å²) in [5, 5.41) is 10.6. The number of rotatable bonds is 6. The highest BCUT2D eigenvalue weighted by atomic mass is 19.1. The summed E-state index contributed by atoms with van der Waals surface area (Å²) in [6, 6.07) is 4.61. The van der Waals surface area contributed by atoms with Gasteiger partial charge in [0.1, 0.15) is 11.6 Å². The van der Waals surface area contributed by atoms with Gasteiger partial charge in [-0.05, 0) is 51.2 Å². The zero-order valence-electron chi connectivity index (χ0n) is 12.2. The van der Waals surface area contributed by atoms with Crippen molar-refractivity contribution in [2.24, 2.45) is 0 Å². The lowest BCUT2D eigenvalue weighted by Crippen LogP contribution is -2.24. The first kappa shape index (κ1) is 15.3. The van der Waals surface area contributed by atoms with E-state index in [0.29, 0.717) is 18.3 Å². The van der Waals surface area contributed by atoms with Gasteiger partial charge in [0, 0.05) is 6.61 Å². The third-order valence-electron chi connectivity index (χ3n) is 3.95. The van der Waals surface area contributed by atoms with Gasteiger partial charge in [-0.1, -0.05) is 6.07 Å². The Bertz CT molecular complexity index is 439. The second-order valence-corrected chi connectivity index (χ2v) is 5.62. The maximum Gasteiger partial charge on any atom is 0.133 e. The Hall–Kier alpha value is -1.13. The average molecular weight is 282 g/mol. The molecule has 0 aliphatic carbocycles. The first-order valence-corrected chi connectivity index (χ1v) is 7.21. The van der Waals surface area contributed by atoms with Crippen molar-refractivity contribution in [1.29, 1.82) is 0 Å². The Balaban J connectivity index is 2.01. The van der Waals surface area contributed by atoms with Crippen molar-refractivity contribution >= 4 is 0 Å². The van der Waals surface area contributed by atoms with Crippen molar-refractivity contribution in [3.63, 3.8) is 0 Å². The lowest BCUT2D eigenvalue weighted by atomic mass is 9.88. The van der Waals surface area contributed by atoms with Crippen LogP contribution in [0.3, 0.4) is 0 Å². The van der Waals surface area contributed by atoms with Gasteiger partial charge < -0.3 is 14.6 Å². The summed E-state index contributed by atoms with van der Waals surface area (Å²) >= 11 is 0. The number of halogens is 1. The highest BCUT2D eigenvalue weighted by Gasteiger charge is 2.30. The van der Waals surface area contributed by atoms with Crippen LogP contribution in [0.25, 0.3) is 0 Å². The molecule has 2 unspecified atom stereocenters. The minimum atomic E-state index is -1.23. The highest BCUT2D eigenvalue weighted by molar-refractivity contribution is 5.38. The average Bonchev–Trinajstić information content (AvgIpc) is 2.91. The van der Waals surface area contributed by atoms with Crippen molar-refractivity contribution in [3.05, 3.63) is 29.6 Å². The van der Waals surface area contributed by atoms with Crippen LogP contribution >= 0.6 is 0 Å². The molecule has 1 aromatic rings. The summed E-state index contributed by atoms with van der Waals surface area (Å²) in [4.78, 5) is 0. The second-order valence-electron chi connectivity index (χ2n) is 5.62. The minimum Gasteiger partial charge on any atom is -0.496 e. The van der Waals surface area contributed by atoms with Crippen molar-refractivity contribution in [2.75, 3.05) is 13.7 Å². The zero-order chi connectivity index (χ0) is 14.6. The van der Waals surface area contributed by atoms with E-state index in [-0.39, 0.29) is 5.56 Å².